The Hall–Kier alpha value is -0.490. The van der Waals surface area contributed by atoms with Crippen molar-refractivity contribution in [2.45, 2.75) is 18.9 Å². The van der Waals surface area contributed by atoms with Crippen molar-refractivity contribution < 1.29 is 14.3 Å². The van der Waals surface area contributed by atoms with Crippen LogP contribution in [0, 0.1) is 5.92 Å². The lowest BCUT2D eigenvalue weighted by molar-refractivity contribution is -0.123. The molecule has 3 heterocycles. The Balaban J connectivity index is 1.44. The van der Waals surface area contributed by atoms with E-state index in [4.69, 9.17) is 9.47 Å². The lowest BCUT2D eigenvalue weighted by Gasteiger charge is -2.32. The fourth-order valence-corrected chi connectivity index (χ4v) is 3.33. The highest BCUT2D eigenvalue weighted by Gasteiger charge is 2.31. The largest absolute Gasteiger partial charge is 0.381 e. The Labute approximate surface area is 114 Å². The molecule has 3 aliphatic rings. The number of nitrogens with zero attached hydrogens (tertiary/aromatic N) is 2. The molecule has 3 saturated heterocycles. The Morgan fingerprint density at radius 1 is 1.05 bits per heavy atom. The predicted octanol–water partition coefficient (Wildman–Crippen LogP) is -0.00150. The fraction of sp³-hybridized carbons (Fsp3) is 0.929. The highest BCUT2D eigenvalue weighted by molar-refractivity contribution is 5.83. The molecule has 2 unspecified atom stereocenters. The summed E-state index contributed by atoms with van der Waals surface area (Å²) in [5.74, 6) is 0.530. The van der Waals surface area contributed by atoms with E-state index in [0.29, 0.717) is 25.0 Å². The zero-order valence-electron chi connectivity index (χ0n) is 11.6. The van der Waals surface area contributed by atoms with Crippen LogP contribution in [0.25, 0.3) is 0 Å². The van der Waals surface area contributed by atoms with Gasteiger partial charge in [0.2, 0.25) is 0 Å². The summed E-state index contributed by atoms with van der Waals surface area (Å²) in [7, 11) is 0. The van der Waals surface area contributed by atoms with Crippen molar-refractivity contribution in [3.8, 4) is 0 Å². The monoisotopic (exact) mass is 268 g/mol. The van der Waals surface area contributed by atoms with Crippen molar-refractivity contribution in [1.82, 2.24) is 9.80 Å². The zero-order chi connectivity index (χ0) is 13.1. The Bertz CT molecular complexity index is 312. The number of hydrogen-bond donors (Lipinski definition) is 0. The van der Waals surface area contributed by atoms with Crippen LogP contribution in [0.15, 0.2) is 0 Å². The van der Waals surface area contributed by atoms with Gasteiger partial charge in [-0.1, -0.05) is 0 Å². The highest BCUT2D eigenvalue weighted by Crippen LogP contribution is 2.19. The SMILES string of the molecule is O=C(CN1CCC(N2CCOCC2)C1)C1CCOC1. The van der Waals surface area contributed by atoms with Gasteiger partial charge >= 0.3 is 0 Å². The van der Waals surface area contributed by atoms with Gasteiger partial charge in [0.1, 0.15) is 0 Å². The maximum absolute atomic E-state index is 12.1. The molecule has 3 fully saturated rings. The molecule has 0 N–H and O–H groups in total. The summed E-state index contributed by atoms with van der Waals surface area (Å²) in [6, 6.07) is 0.622. The van der Waals surface area contributed by atoms with Crippen molar-refractivity contribution in [3.63, 3.8) is 0 Å². The summed E-state index contributed by atoms with van der Waals surface area (Å²) in [4.78, 5) is 17.0. The summed E-state index contributed by atoms with van der Waals surface area (Å²) in [5.41, 5.74) is 0. The molecule has 0 bridgehead atoms. The average molecular weight is 268 g/mol. The maximum atomic E-state index is 12.1. The van der Waals surface area contributed by atoms with Crippen LogP contribution in [-0.4, -0.2) is 80.8 Å². The maximum Gasteiger partial charge on any atom is 0.152 e. The molecular formula is C14H24N2O3. The summed E-state index contributed by atoms with van der Waals surface area (Å²) < 4.78 is 10.7. The van der Waals surface area contributed by atoms with Gasteiger partial charge < -0.3 is 9.47 Å². The second kappa shape index (κ2) is 6.31. The van der Waals surface area contributed by atoms with Crippen LogP contribution in [0.3, 0.4) is 0 Å². The number of ether oxygens (including phenoxy) is 2. The minimum absolute atomic E-state index is 0.155. The lowest BCUT2D eigenvalue weighted by atomic mass is 10.0. The third-order valence-electron chi connectivity index (χ3n) is 4.57. The molecule has 2 atom stereocenters. The summed E-state index contributed by atoms with van der Waals surface area (Å²) >= 11 is 0. The number of carbonyl (C=O) groups is 1. The van der Waals surface area contributed by atoms with E-state index in [9.17, 15) is 4.79 Å². The second-order valence-corrected chi connectivity index (χ2v) is 5.85. The number of hydrogen-bond acceptors (Lipinski definition) is 5. The van der Waals surface area contributed by atoms with E-state index in [0.717, 1.165) is 52.4 Å². The standard InChI is InChI=1S/C14H24N2O3/c17-14(12-2-6-19-11-12)10-15-3-1-13(9-15)16-4-7-18-8-5-16/h12-13H,1-11H2. The molecule has 0 spiro atoms. The van der Waals surface area contributed by atoms with Gasteiger partial charge in [-0.2, -0.15) is 0 Å². The third-order valence-corrected chi connectivity index (χ3v) is 4.57. The van der Waals surface area contributed by atoms with E-state index >= 15 is 0 Å². The molecular weight excluding hydrogens is 244 g/mol. The molecule has 0 aromatic rings. The van der Waals surface area contributed by atoms with Crippen LogP contribution >= 0.6 is 0 Å². The van der Waals surface area contributed by atoms with Gasteiger partial charge in [0, 0.05) is 44.7 Å². The third kappa shape index (κ3) is 3.34. The van der Waals surface area contributed by atoms with Gasteiger partial charge in [-0.15, -0.1) is 0 Å². The molecule has 5 nitrogen and oxygen atoms in total. The van der Waals surface area contributed by atoms with Crippen LogP contribution in [0.1, 0.15) is 12.8 Å². The van der Waals surface area contributed by atoms with Crippen LogP contribution < -0.4 is 0 Å². The molecule has 0 radical (unpaired) electrons. The van der Waals surface area contributed by atoms with E-state index in [1.165, 1.54) is 6.42 Å². The Kier molecular flexibility index (Phi) is 4.48. The summed E-state index contributed by atoms with van der Waals surface area (Å²) in [5, 5.41) is 0. The Morgan fingerprint density at radius 2 is 1.89 bits per heavy atom. The number of likely N-dealkylation sites (tertiary alicyclic amines) is 1. The fourth-order valence-electron chi connectivity index (χ4n) is 3.33. The average Bonchev–Trinajstić information content (AvgIpc) is 3.11. The lowest BCUT2D eigenvalue weighted by Crippen LogP contribution is -2.45. The number of carbonyl (C=O) groups excluding carboxylic acids is 1. The summed E-state index contributed by atoms with van der Waals surface area (Å²) in [6.07, 6.45) is 2.11. The van der Waals surface area contributed by atoms with E-state index in [2.05, 4.69) is 9.80 Å². The number of rotatable bonds is 4. The smallest absolute Gasteiger partial charge is 0.152 e. The van der Waals surface area contributed by atoms with Crippen molar-refractivity contribution in [3.05, 3.63) is 0 Å². The van der Waals surface area contributed by atoms with E-state index in [1.807, 2.05) is 0 Å². The number of morpholine rings is 1. The van der Waals surface area contributed by atoms with Gasteiger partial charge in [0.15, 0.2) is 5.78 Å². The summed E-state index contributed by atoms with van der Waals surface area (Å²) in [6.45, 7) is 7.91. The van der Waals surface area contributed by atoms with Gasteiger partial charge in [-0.3, -0.25) is 14.6 Å². The van der Waals surface area contributed by atoms with Crippen molar-refractivity contribution in [2.75, 3.05) is 59.2 Å². The number of Topliss-reactive ketones (excluding diaryl/α,β-unsaturated/α-hetero) is 1. The van der Waals surface area contributed by atoms with Crippen LogP contribution in [0.5, 0.6) is 0 Å². The van der Waals surface area contributed by atoms with Crippen molar-refractivity contribution >= 4 is 5.78 Å². The van der Waals surface area contributed by atoms with E-state index in [-0.39, 0.29) is 5.92 Å². The van der Waals surface area contributed by atoms with Crippen LogP contribution in [0.4, 0.5) is 0 Å². The first-order valence-corrected chi connectivity index (χ1v) is 7.47. The molecule has 3 rings (SSSR count). The minimum atomic E-state index is 0.155. The normalized spacial score (nSPS) is 33.9. The minimum Gasteiger partial charge on any atom is -0.381 e. The zero-order valence-corrected chi connectivity index (χ0v) is 11.6. The molecule has 3 aliphatic heterocycles. The first kappa shape index (κ1) is 13.5. The van der Waals surface area contributed by atoms with Crippen LogP contribution in [-0.2, 0) is 14.3 Å². The van der Waals surface area contributed by atoms with E-state index < -0.39 is 0 Å². The second-order valence-electron chi connectivity index (χ2n) is 5.85. The van der Waals surface area contributed by atoms with Gasteiger partial charge in [-0.25, -0.2) is 0 Å². The quantitative estimate of drug-likeness (QED) is 0.718. The molecule has 108 valence electrons. The first-order valence-electron chi connectivity index (χ1n) is 7.47. The molecule has 0 aliphatic carbocycles. The molecule has 19 heavy (non-hydrogen) atoms. The van der Waals surface area contributed by atoms with Crippen molar-refractivity contribution in [1.29, 1.82) is 0 Å². The molecule has 0 amide bonds. The molecule has 5 heteroatoms. The van der Waals surface area contributed by atoms with Crippen molar-refractivity contribution in [2.24, 2.45) is 5.92 Å². The predicted molar refractivity (Wildman–Crippen MR) is 71.2 cm³/mol. The molecule has 0 aromatic heterocycles. The van der Waals surface area contributed by atoms with Crippen LogP contribution in [0.2, 0.25) is 0 Å². The topological polar surface area (TPSA) is 42.0 Å². The Morgan fingerprint density at radius 3 is 2.63 bits per heavy atom. The number of ketones is 1. The first-order chi connectivity index (χ1) is 9.33. The molecule has 0 saturated carbocycles. The van der Waals surface area contributed by atoms with Gasteiger partial charge in [-0.05, 0) is 12.8 Å². The molecule has 0 aromatic carbocycles. The van der Waals surface area contributed by atoms with E-state index in [1.54, 1.807) is 0 Å². The van der Waals surface area contributed by atoms with Gasteiger partial charge in [0.25, 0.3) is 0 Å². The van der Waals surface area contributed by atoms with Gasteiger partial charge in [0.05, 0.1) is 26.4 Å². The highest BCUT2D eigenvalue weighted by atomic mass is 16.5.